The number of nitrogens with one attached hydrogen (secondary N) is 1. The first-order chi connectivity index (χ1) is 13.3. The van der Waals surface area contributed by atoms with Crippen LogP contribution in [0.25, 0.3) is 0 Å². The molecule has 2 rings (SSSR count). The van der Waals surface area contributed by atoms with Crippen molar-refractivity contribution in [2.45, 2.75) is 33.6 Å². The van der Waals surface area contributed by atoms with E-state index in [1.165, 1.54) is 11.3 Å². The Morgan fingerprint density at radius 2 is 1.86 bits per heavy atom. The van der Waals surface area contributed by atoms with Crippen LogP contribution in [0, 0.1) is 6.92 Å². The Morgan fingerprint density at radius 1 is 1.21 bits per heavy atom. The highest BCUT2D eigenvalue weighted by Gasteiger charge is 2.20. The monoisotopic (exact) mass is 402 g/mol. The van der Waals surface area contributed by atoms with Gasteiger partial charge in [-0.3, -0.25) is 9.59 Å². The molecule has 2 amide bonds. The second-order valence-corrected chi connectivity index (χ2v) is 6.84. The summed E-state index contributed by atoms with van der Waals surface area (Å²) >= 11 is 1.42. The highest BCUT2D eigenvalue weighted by atomic mass is 32.1. The van der Waals surface area contributed by atoms with E-state index in [0.29, 0.717) is 23.6 Å². The lowest BCUT2D eigenvalue weighted by Crippen LogP contribution is -2.16. The van der Waals surface area contributed by atoms with Gasteiger partial charge in [0.1, 0.15) is 5.00 Å². The summed E-state index contributed by atoms with van der Waals surface area (Å²) in [5, 5.41) is 3.32. The first-order valence-electron chi connectivity index (χ1n) is 8.88. The Bertz CT molecular complexity index is 828. The van der Waals surface area contributed by atoms with E-state index in [0.717, 1.165) is 28.5 Å². The number of thiophene rings is 1. The Hall–Kier alpha value is -2.93. The number of nitrogens with two attached hydrogens (primary N) is 1. The maximum Gasteiger partial charge on any atom is 0.330 e. The van der Waals surface area contributed by atoms with Gasteiger partial charge in [0.15, 0.2) is 0 Å². The van der Waals surface area contributed by atoms with Gasteiger partial charge in [0.2, 0.25) is 5.91 Å². The standard InChI is InChI=1S/C16H18N2O2S.C5H8O2/c1-3-13(19)18-16-14(15(17)20)10(2)12(21-16)9-11-7-5-4-6-8-11;1-3-5(6)7-4-2/h4-8H,3,9H2,1-2H3,(H2,17,20)(H,18,19);3H,1,4H2,2H3. The Balaban J connectivity index is 0.000000480. The Kier molecular flexibility index (Phi) is 9.67. The fraction of sp³-hybridized carbons (Fsp3) is 0.286. The molecule has 0 aliphatic heterocycles. The van der Waals surface area contributed by atoms with Gasteiger partial charge in [-0.25, -0.2) is 4.79 Å². The molecule has 1 aromatic carbocycles. The molecule has 3 N–H and O–H groups in total. The smallest absolute Gasteiger partial charge is 0.330 e. The molecule has 0 fully saturated rings. The number of anilines is 1. The number of amides is 2. The minimum atomic E-state index is -0.505. The van der Waals surface area contributed by atoms with E-state index in [-0.39, 0.29) is 11.9 Å². The third-order valence-corrected chi connectivity index (χ3v) is 4.93. The van der Waals surface area contributed by atoms with E-state index >= 15 is 0 Å². The Morgan fingerprint density at radius 3 is 2.32 bits per heavy atom. The second-order valence-electron chi connectivity index (χ2n) is 5.74. The summed E-state index contributed by atoms with van der Waals surface area (Å²) in [7, 11) is 0. The van der Waals surface area contributed by atoms with Crippen molar-refractivity contribution in [3.63, 3.8) is 0 Å². The molecular weight excluding hydrogens is 376 g/mol. The zero-order valence-electron chi connectivity index (χ0n) is 16.4. The van der Waals surface area contributed by atoms with Gasteiger partial charge in [-0.15, -0.1) is 11.3 Å². The maximum absolute atomic E-state index is 11.7. The van der Waals surface area contributed by atoms with E-state index in [2.05, 4.69) is 16.6 Å². The molecule has 1 heterocycles. The third-order valence-electron chi connectivity index (χ3n) is 3.73. The van der Waals surface area contributed by atoms with Gasteiger partial charge < -0.3 is 15.8 Å². The number of hydrogen-bond acceptors (Lipinski definition) is 5. The van der Waals surface area contributed by atoms with Crippen LogP contribution in [0.2, 0.25) is 0 Å². The second kappa shape index (κ2) is 11.7. The number of esters is 1. The number of benzene rings is 1. The SMILES string of the molecule is C=CC(=O)OCC.CCC(=O)Nc1sc(Cc2ccccc2)c(C)c1C(N)=O. The molecule has 0 atom stereocenters. The molecule has 0 saturated carbocycles. The van der Waals surface area contributed by atoms with Crippen LogP contribution in [0.4, 0.5) is 5.00 Å². The molecule has 0 bridgehead atoms. The number of rotatable bonds is 7. The quantitative estimate of drug-likeness (QED) is 0.543. The predicted octanol–water partition coefficient (Wildman–Crippen LogP) is 3.83. The van der Waals surface area contributed by atoms with Gasteiger partial charge in [-0.05, 0) is 25.0 Å². The summed E-state index contributed by atoms with van der Waals surface area (Å²) in [5.74, 6) is -0.984. The van der Waals surface area contributed by atoms with Crippen molar-refractivity contribution in [2.24, 2.45) is 5.73 Å². The van der Waals surface area contributed by atoms with E-state index < -0.39 is 5.91 Å². The first-order valence-corrected chi connectivity index (χ1v) is 9.70. The normalized spacial score (nSPS) is 9.68. The minimum Gasteiger partial charge on any atom is -0.463 e. The molecule has 28 heavy (non-hydrogen) atoms. The number of hydrogen-bond donors (Lipinski definition) is 2. The molecule has 7 heteroatoms. The zero-order chi connectivity index (χ0) is 21.1. The summed E-state index contributed by atoms with van der Waals surface area (Å²) in [5.41, 5.74) is 7.89. The molecule has 0 aliphatic carbocycles. The van der Waals surface area contributed by atoms with E-state index in [9.17, 15) is 14.4 Å². The van der Waals surface area contributed by atoms with E-state index in [1.807, 2.05) is 37.3 Å². The van der Waals surface area contributed by atoms with E-state index in [4.69, 9.17) is 5.73 Å². The molecule has 2 aromatic rings. The fourth-order valence-electron chi connectivity index (χ4n) is 2.31. The van der Waals surface area contributed by atoms with Gasteiger partial charge in [0.25, 0.3) is 5.91 Å². The number of ether oxygens (including phenoxy) is 1. The average Bonchev–Trinajstić information content (AvgIpc) is 2.98. The summed E-state index contributed by atoms with van der Waals surface area (Å²) in [6, 6.07) is 9.99. The predicted molar refractivity (Wildman–Crippen MR) is 113 cm³/mol. The molecule has 0 spiro atoms. The van der Waals surface area contributed by atoms with Crippen LogP contribution in [0.5, 0.6) is 0 Å². The van der Waals surface area contributed by atoms with Crippen molar-refractivity contribution < 1.29 is 19.1 Å². The van der Waals surface area contributed by atoms with Crippen molar-refractivity contribution in [3.8, 4) is 0 Å². The fourth-order valence-corrected chi connectivity index (χ4v) is 3.57. The lowest BCUT2D eigenvalue weighted by molar-refractivity contribution is -0.137. The summed E-state index contributed by atoms with van der Waals surface area (Å²) in [4.78, 5) is 34.3. The average molecular weight is 403 g/mol. The molecule has 6 nitrogen and oxygen atoms in total. The van der Waals surface area contributed by atoms with Crippen LogP contribution < -0.4 is 11.1 Å². The molecule has 1 aromatic heterocycles. The van der Waals surface area contributed by atoms with Gasteiger partial charge in [0.05, 0.1) is 12.2 Å². The van der Waals surface area contributed by atoms with Crippen molar-refractivity contribution in [1.82, 2.24) is 0 Å². The molecular formula is C21H26N2O4S. The number of carbonyl (C=O) groups excluding carboxylic acids is 3. The lowest BCUT2D eigenvalue weighted by Gasteiger charge is -2.02. The van der Waals surface area contributed by atoms with E-state index in [1.54, 1.807) is 13.8 Å². The summed E-state index contributed by atoms with van der Waals surface area (Å²) in [6.45, 7) is 9.02. The van der Waals surface area contributed by atoms with Crippen molar-refractivity contribution in [1.29, 1.82) is 0 Å². The minimum absolute atomic E-state index is 0.120. The molecule has 0 aliphatic rings. The summed E-state index contributed by atoms with van der Waals surface area (Å²) < 4.78 is 4.43. The van der Waals surface area contributed by atoms with Crippen LogP contribution in [0.1, 0.15) is 46.6 Å². The first kappa shape index (κ1) is 23.1. The van der Waals surface area contributed by atoms with Gasteiger partial charge in [0, 0.05) is 23.8 Å². The van der Waals surface area contributed by atoms with Crippen LogP contribution in [-0.2, 0) is 20.7 Å². The summed E-state index contributed by atoms with van der Waals surface area (Å²) in [6.07, 6.45) is 2.23. The van der Waals surface area contributed by atoms with Gasteiger partial charge >= 0.3 is 5.97 Å². The topological polar surface area (TPSA) is 98.5 Å². The molecule has 150 valence electrons. The third kappa shape index (κ3) is 7.00. The highest BCUT2D eigenvalue weighted by molar-refractivity contribution is 7.17. The van der Waals surface area contributed by atoms with Crippen LogP contribution >= 0.6 is 11.3 Å². The number of primary amides is 1. The van der Waals surface area contributed by atoms with Gasteiger partial charge in [-0.2, -0.15) is 0 Å². The molecule has 0 radical (unpaired) electrons. The van der Waals surface area contributed by atoms with Crippen LogP contribution in [-0.4, -0.2) is 24.4 Å². The number of carbonyl (C=O) groups is 3. The molecule has 0 unspecified atom stereocenters. The molecule has 0 saturated heterocycles. The largest absolute Gasteiger partial charge is 0.463 e. The maximum atomic E-state index is 11.7. The van der Waals surface area contributed by atoms with Crippen molar-refractivity contribution in [3.05, 3.63) is 64.6 Å². The Labute approximate surface area is 169 Å². The zero-order valence-corrected chi connectivity index (χ0v) is 17.2. The van der Waals surface area contributed by atoms with Crippen LogP contribution in [0.3, 0.4) is 0 Å². The lowest BCUT2D eigenvalue weighted by atomic mass is 10.1. The van der Waals surface area contributed by atoms with Crippen molar-refractivity contribution in [2.75, 3.05) is 11.9 Å². The van der Waals surface area contributed by atoms with Crippen molar-refractivity contribution >= 4 is 34.1 Å². The highest BCUT2D eigenvalue weighted by Crippen LogP contribution is 2.34. The van der Waals surface area contributed by atoms with Gasteiger partial charge in [-0.1, -0.05) is 43.8 Å². The van der Waals surface area contributed by atoms with Crippen LogP contribution in [0.15, 0.2) is 43.0 Å².